The van der Waals surface area contributed by atoms with Crippen molar-refractivity contribution in [2.45, 2.75) is 4.90 Å². The molecule has 1 aromatic heterocycles. The molecule has 1 N–H and O–H groups in total. The zero-order valence-corrected chi connectivity index (χ0v) is 17.2. The number of carboxylic acids is 1. The minimum Gasteiger partial charge on any atom is -0.480 e. The van der Waals surface area contributed by atoms with Crippen LogP contribution in [0.3, 0.4) is 0 Å². The van der Waals surface area contributed by atoms with E-state index in [4.69, 9.17) is 9.52 Å². The van der Waals surface area contributed by atoms with Crippen LogP contribution in [0.1, 0.15) is 16.1 Å². The van der Waals surface area contributed by atoms with Gasteiger partial charge in [0.15, 0.2) is 5.78 Å². The van der Waals surface area contributed by atoms with Crippen LogP contribution in [0.5, 0.6) is 0 Å². The van der Waals surface area contributed by atoms with E-state index in [9.17, 15) is 22.4 Å². The van der Waals surface area contributed by atoms with Gasteiger partial charge >= 0.3 is 5.97 Å². The molecule has 1 heterocycles. The first-order valence-corrected chi connectivity index (χ1v) is 10.5. The Kier molecular flexibility index (Phi) is 6.47. The zero-order valence-electron chi connectivity index (χ0n) is 16.4. The van der Waals surface area contributed by atoms with Crippen molar-refractivity contribution in [1.29, 1.82) is 0 Å². The number of nitrogens with zero attached hydrogens (tertiary/aromatic N) is 1. The predicted octanol–water partition coefficient (Wildman–Crippen LogP) is 3.69. The Bertz CT molecular complexity index is 1230. The van der Waals surface area contributed by atoms with Crippen LogP contribution in [0.15, 0.2) is 76.1 Å². The molecule has 0 fully saturated rings. The van der Waals surface area contributed by atoms with Crippen molar-refractivity contribution >= 4 is 27.9 Å². The number of benzene rings is 2. The molecule has 7 nitrogen and oxygen atoms in total. The van der Waals surface area contributed by atoms with E-state index in [0.29, 0.717) is 21.4 Å². The van der Waals surface area contributed by atoms with E-state index in [0.717, 1.165) is 7.05 Å². The Balaban J connectivity index is 1.70. The molecule has 31 heavy (non-hydrogen) atoms. The maximum atomic E-state index is 13.0. The summed E-state index contributed by atoms with van der Waals surface area (Å²) in [6.07, 6.45) is 2.76. The normalized spacial score (nSPS) is 11.8. The molecule has 0 atom stereocenters. The number of furan rings is 1. The van der Waals surface area contributed by atoms with Gasteiger partial charge in [-0.3, -0.25) is 9.59 Å². The maximum absolute atomic E-state index is 13.0. The second-order valence-electron chi connectivity index (χ2n) is 6.59. The average Bonchev–Trinajstić information content (AvgIpc) is 3.21. The number of halogens is 1. The number of likely N-dealkylation sites (N-methyl/N-ethyl adjacent to an activating group) is 1. The summed E-state index contributed by atoms with van der Waals surface area (Å²) in [6.45, 7) is -0.672. The first-order valence-electron chi connectivity index (χ1n) is 9.03. The minimum atomic E-state index is -3.97. The number of rotatable bonds is 8. The van der Waals surface area contributed by atoms with Crippen LogP contribution in [-0.4, -0.2) is 43.2 Å². The van der Waals surface area contributed by atoms with Crippen LogP contribution >= 0.6 is 0 Å². The molecule has 0 radical (unpaired) electrons. The van der Waals surface area contributed by atoms with Gasteiger partial charge in [-0.1, -0.05) is 0 Å². The molecule has 9 heteroatoms. The van der Waals surface area contributed by atoms with Gasteiger partial charge in [-0.2, -0.15) is 4.31 Å². The summed E-state index contributed by atoms with van der Waals surface area (Å²) in [4.78, 5) is 23.0. The highest BCUT2D eigenvalue weighted by Crippen LogP contribution is 2.23. The lowest BCUT2D eigenvalue weighted by atomic mass is 10.1. The number of allylic oxidation sites excluding steroid dienone is 1. The van der Waals surface area contributed by atoms with Crippen LogP contribution in [-0.2, 0) is 14.8 Å². The molecule has 0 bridgehead atoms. The maximum Gasteiger partial charge on any atom is 0.318 e. The molecule has 0 aliphatic carbocycles. The van der Waals surface area contributed by atoms with Crippen LogP contribution in [0.25, 0.3) is 17.4 Å². The Morgan fingerprint density at radius 1 is 1.03 bits per heavy atom. The third kappa shape index (κ3) is 5.33. The topological polar surface area (TPSA) is 105 Å². The van der Waals surface area contributed by atoms with E-state index in [1.165, 1.54) is 48.6 Å². The third-order valence-corrected chi connectivity index (χ3v) is 6.18. The Morgan fingerprint density at radius 2 is 1.68 bits per heavy atom. The molecular weight excluding hydrogens is 425 g/mol. The van der Waals surface area contributed by atoms with Crippen LogP contribution < -0.4 is 0 Å². The monoisotopic (exact) mass is 443 g/mol. The molecule has 0 aliphatic rings. The van der Waals surface area contributed by atoms with E-state index in [2.05, 4.69) is 0 Å². The van der Waals surface area contributed by atoms with Gasteiger partial charge in [-0.15, -0.1) is 0 Å². The quantitative estimate of drug-likeness (QED) is 0.421. The fraction of sp³-hybridized carbons (Fsp3) is 0.0909. The highest BCUT2D eigenvalue weighted by atomic mass is 32.2. The molecule has 3 rings (SSSR count). The second kappa shape index (κ2) is 9.07. The molecule has 0 saturated heterocycles. The number of ketones is 1. The fourth-order valence-corrected chi connectivity index (χ4v) is 3.83. The predicted molar refractivity (Wildman–Crippen MR) is 111 cm³/mol. The summed E-state index contributed by atoms with van der Waals surface area (Å²) in [5.74, 6) is -1.06. The average molecular weight is 443 g/mol. The SMILES string of the molecule is CN(CC(=O)O)S(=O)(=O)c1ccc(C(=O)/C=C/c2ccc(-c3ccc(F)cc3)o2)cc1. The van der Waals surface area contributed by atoms with Gasteiger partial charge in [0.25, 0.3) is 0 Å². The van der Waals surface area contributed by atoms with Crippen LogP contribution in [0.2, 0.25) is 0 Å². The Morgan fingerprint density at radius 3 is 2.29 bits per heavy atom. The number of sulfonamides is 1. The van der Waals surface area contributed by atoms with Crippen molar-refractivity contribution < 1.29 is 31.9 Å². The largest absolute Gasteiger partial charge is 0.480 e. The van der Waals surface area contributed by atoms with E-state index >= 15 is 0 Å². The molecule has 3 aromatic rings. The minimum absolute atomic E-state index is 0.119. The Labute approximate surface area is 178 Å². The van der Waals surface area contributed by atoms with Gasteiger partial charge in [0.2, 0.25) is 10.0 Å². The van der Waals surface area contributed by atoms with Gasteiger partial charge in [0.1, 0.15) is 23.9 Å². The fourth-order valence-electron chi connectivity index (χ4n) is 2.71. The lowest BCUT2D eigenvalue weighted by Crippen LogP contribution is -2.32. The van der Waals surface area contributed by atoms with Gasteiger partial charge in [0.05, 0.1) is 4.90 Å². The molecule has 0 unspecified atom stereocenters. The summed E-state index contributed by atoms with van der Waals surface area (Å²) in [6, 6.07) is 14.3. The zero-order chi connectivity index (χ0) is 22.6. The number of carboxylic acid groups (broad SMARTS) is 1. The third-order valence-electron chi connectivity index (χ3n) is 4.36. The van der Waals surface area contributed by atoms with Crippen molar-refractivity contribution in [1.82, 2.24) is 4.31 Å². The summed E-state index contributed by atoms with van der Waals surface area (Å²) >= 11 is 0. The van der Waals surface area contributed by atoms with E-state index in [1.807, 2.05) is 0 Å². The molecule has 2 aromatic carbocycles. The first kappa shape index (κ1) is 22.1. The summed E-state index contributed by atoms with van der Waals surface area (Å²) in [5, 5.41) is 8.76. The second-order valence-corrected chi connectivity index (χ2v) is 8.63. The molecule has 0 amide bonds. The molecule has 0 saturated carbocycles. The lowest BCUT2D eigenvalue weighted by Gasteiger charge is -2.14. The van der Waals surface area contributed by atoms with Crippen molar-refractivity contribution in [3.63, 3.8) is 0 Å². The van der Waals surface area contributed by atoms with Crippen LogP contribution in [0.4, 0.5) is 4.39 Å². The van der Waals surface area contributed by atoms with E-state index in [-0.39, 0.29) is 22.1 Å². The smallest absolute Gasteiger partial charge is 0.318 e. The van der Waals surface area contributed by atoms with Crippen molar-refractivity contribution in [2.75, 3.05) is 13.6 Å². The highest BCUT2D eigenvalue weighted by molar-refractivity contribution is 7.89. The first-order chi connectivity index (χ1) is 14.7. The summed E-state index contributed by atoms with van der Waals surface area (Å²) < 4.78 is 44.0. The Hall–Kier alpha value is -3.56. The number of aliphatic carboxylic acids is 1. The highest BCUT2D eigenvalue weighted by Gasteiger charge is 2.22. The molecule has 160 valence electrons. The molecular formula is C22H18FNO6S. The van der Waals surface area contributed by atoms with Crippen molar-refractivity contribution in [2.24, 2.45) is 0 Å². The number of carbonyl (C=O) groups is 2. The van der Waals surface area contributed by atoms with Crippen molar-refractivity contribution in [3.8, 4) is 11.3 Å². The molecule has 0 spiro atoms. The standard InChI is InChI=1S/C22H18FNO6S/c1-24(14-22(26)27)31(28,29)19-10-4-15(5-11-19)20(25)12-8-18-9-13-21(30-18)16-2-6-17(23)7-3-16/h2-13H,14H2,1H3,(H,26,27)/b12-8+. The van der Waals surface area contributed by atoms with Gasteiger partial charge in [-0.05, 0) is 72.8 Å². The van der Waals surface area contributed by atoms with Gasteiger partial charge < -0.3 is 9.52 Å². The number of hydrogen-bond donors (Lipinski definition) is 1. The van der Waals surface area contributed by atoms with E-state index in [1.54, 1.807) is 24.3 Å². The number of carbonyl (C=O) groups excluding carboxylic acids is 1. The lowest BCUT2D eigenvalue weighted by molar-refractivity contribution is -0.137. The van der Waals surface area contributed by atoms with E-state index < -0.39 is 22.5 Å². The van der Waals surface area contributed by atoms with Gasteiger partial charge in [0, 0.05) is 18.2 Å². The van der Waals surface area contributed by atoms with Crippen LogP contribution in [0, 0.1) is 5.82 Å². The summed E-state index contributed by atoms with van der Waals surface area (Å²) in [5.41, 5.74) is 0.943. The number of hydrogen-bond acceptors (Lipinski definition) is 5. The van der Waals surface area contributed by atoms with Crippen molar-refractivity contribution in [3.05, 3.63) is 83.9 Å². The summed E-state index contributed by atoms with van der Waals surface area (Å²) in [7, 11) is -2.81. The van der Waals surface area contributed by atoms with Gasteiger partial charge in [-0.25, -0.2) is 12.8 Å². The molecule has 0 aliphatic heterocycles.